The van der Waals surface area contributed by atoms with Crippen LogP contribution in [-0.4, -0.2) is 42.7 Å². The van der Waals surface area contributed by atoms with E-state index in [1.807, 2.05) is 0 Å². The molecule has 1 atom stereocenters. The van der Waals surface area contributed by atoms with Gasteiger partial charge in [0.05, 0.1) is 0 Å². The van der Waals surface area contributed by atoms with Crippen LogP contribution in [0.25, 0.3) is 0 Å². The highest BCUT2D eigenvalue weighted by Crippen LogP contribution is 2.16. The fourth-order valence-corrected chi connectivity index (χ4v) is 2.08. The Bertz CT molecular complexity index is 670. The topological polar surface area (TPSA) is 90.9 Å². The van der Waals surface area contributed by atoms with E-state index in [2.05, 4.69) is 10.1 Å². The van der Waals surface area contributed by atoms with E-state index in [-0.39, 0.29) is 24.3 Å². The number of hydrogen-bond donors (Lipinski definition) is 1. The van der Waals surface area contributed by atoms with Gasteiger partial charge in [-0.3, -0.25) is 9.59 Å². The maximum absolute atomic E-state index is 12.2. The number of esters is 1. The number of ether oxygens (including phenoxy) is 3. The number of hydrogen-bond acceptors (Lipinski definition) is 6. The van der Waals surface area contributed by atoms with Gasteiger partial charge >= 0.3 is 18.7 Å². The maximum atomic E-state index is 12.2. The molecule has 0 radical (unpaired) electrons. The highest BCUT2D eigenvalue weighted by molar-refractivity contribution is 6.00. The molecule has 28 heavy (non-hydrogen) atoms. The number of ketones is 1. The molecular weight excluding hydrogens is 376 g/mol. The van der Waals surface area contributed by atoms with Gasteiger partial charge in [-0.25, -0.2) is 4.79 Å². The summed E-state index contributed by atoms with van der Waals surface area (Å²) in [4.78, 5) is 35.5. The molecule has 0 aromatic heterocycles. The summed E-state index contributed by atoms with van der Waals surface area (Å²) >= 11 is 0. The molecule has 0 spiro atoms. The first kappa shape index (κ1) is 23.3. The van der Waals surface area contributed by atoms with E-state index in [1.54, 1.807) is 20.8 Å². The van der Waals surface area contributed by atoms with Gasteiger partial charge in [0, 0.05) is 18.5 Å². The summed E-state index contributed by atoms with van der Waals surface area (Å²) in [6.45, 7) is 3.90. The molecule has 1 aromatic rings. The molecule has 9 heteroatoms. The van der Waals surface area contributed by atoms with Crippen molar-refractivity contribution < 1.29 is 37.4 Å². The summed E-state index contributed by atoms with van der Waals surface area (Å²) in [5, 5.41) is 2.51. The molecule has 7 nitrogen and oxygen atoms in total. The summed E-state index contributed by atoms with van der Waals surface area (Å²) in [5.41, 5.74) is -0.406. The van der Waals surface area contributed by atoms with E-state index in [4.69, 9.17) is 9.47 Å². The molecule has 0 bridgehead atoms. The van der Waals surface area contributed by atoms with Crippen molar-refractivity contribution in [1.82, 2.24) is 5.32 Å². The molecule has 1 rings (SSSR count). The first-order chi connectivity index (χ1) is 13.0. The first-order valence-electron chi connectivity index (χ1n) is 8.73. The minimum atomic E-state index is -2.95. The summed E-state index contributed by atoms with van der Waals surface area (Å²) < 4.78 is 38.6. The van der Waals surface area contributed by atoms with Crippen molar-refractivity contribution in [2.75, 3.05) is 6.54 Å². The van der Waals surface area contributed by atoms with Gasteiger partial charge in [-0.1, -0.05) is 0 Å². The average molecular weight is 401 g/mol. The van der Waals surface area contributed by atoms with Crippen LogP contribution >= 0.6 is 0 Å². The van der Waals surface area contributed by atoms with E-state index in [9.17, 15) is 23.2 Å². The summed E-state index contributed by atoms with van der Waals surface area (Å²) in [6, 6.07) is 5.09. The molecule has 1 amide bonds. The lowest BCUT2D eigenvalue weighted by Crippen LogP contribution is -2.33. The molecule has 0 aliphatic heterocycles. The fraction of sp³-hybridized carbons (Fsp3) is 0.526. The van der Waals surface area contributed by atoms with Crippen LogP contribution in [0.4, 0.5) is 13.6 Å². The lowest BCUT2D eigenvalue weighted by Gasteiger charge is -2.19. The van der Waals surface area contributed by atoms with Crippen LogP contribution < -0.4 is 10.1 Å². The van der Waals surface area contributed by atoms with Gasteiger partial charge in [0.2, 0.25) is 5.78 Å². The van der Waals surface area contributed by atoms with Crippen LogP contribution in [0.5, 0.6) is 5.75 Å². The zero-order valence-electron chi connectivity index (χ0n) is 16.3. The van der Waals surface area contributed by atoms with Gasteiger partial charge in [-0.15, -0.1) is 0 Å². The zero-order chi connectivity index (χ0) is 21.3. The molecule has 156 valence electrons. The van der Waals surface area contributed by atoms with Gasteiger partial charge in [-0.05, 0) is 58.4 Å². The minimum Gasteiger partial charge on any atom is -0.454 e. The van der Waals surface area contributed by atoms with Crippen LogP contribution in [0, 0.1) is 0 Å². The summed E-state index contributed by atoms with van der Waals surface area (Å²) in [6.07, 6.45) is -1.29. The lowest BCUT2D eigenvalue weighted by atomic mass is 10.1. The molecule has 0 unspecified atom stereocenters. The number of carbonyl (C=O) groups is 3. The van der Waals surface area contributed by atoms with Gasteiger partial charge < -0.3 is 19.5 Å². The second-order valence-corrected chi connectivity index (χ2v) is 6.93. The van der Waals surface area contributed by atoms with Gasteiger partial charge in [0.25, 0.3) is 0 Å². The third-order valence-corrected chi connectivity index (χ3v) is 3.27. The Morgan fingerprint density at radius 2 is 1.71 bits per heavy atom. The van der Waals surface area contributed by atoms with Crippen LogP contribution in [0.15, 0.2) is 24.3 Å². The minimum absolute atomic E-state index is 0.00852. The Labute approximate surface area is 162 Å². The van der Waals surface area contributed by atoms with Crippen molar-refractivity contribution in [2.24, 2.45) is 0 Å². The lowest BCUT2D eigenvalue weighted by molar-refractivity contribution is -0.146. The van der Waals surface area contributed by atoms with Crippen molar-refractivity contribution in [3.63, 3.8) is 0 Å². The van der Waals surface area contributed by atoms with Crippen LogP contribution in [0.2, 0.25) is 0 Å². The Hall–Kier alpha value is -2.71. The number of halogens is 2. The number of rotatable bonds is 9. The normalized spacial score (nSPS) is 12.2. The third-order valence-electron chi connectivity index (χ3n) is 3.27. The summed E-state index contributed by atoms with van der Waals surface area (Å²) in [5.74, 6) is -1.14. The molecule has 0 saturated heterocycles. The van der Waals surface area contributed by atoms with E-state index in [0.29, 0.717) is 6.42 Å². The molecule has 0 aliphatic carbocycles. The number of nitrogens with one attached hydrogen (secondary N) is 1. The number of alkyl carbamates (subject to hydrolysis) is 1. The number of alkyl halides is 2. The Balaban J connectivity index is 2.37. The van der Waals surface area contributed by atoms with E-state index >= 15 is 0 Å². The maximum Gasteiger partial charge on any atom is 0.407 e. The van der Waals surface area contributed by atoms with Crippen molar-refractivity contribution in [3.8, 4) is 5.75 Å². The zero-order valence-corrected chi connectivity index (χ0v) is 16.3. The highest BCUT2D eigenvalue weighted by atomic mass is 19.3. The van der Waals surface area contributed by atoms with Gasteiger partial charge in [-0.2, -0.15) is 8.78 Å². The largest absolute Gasteiger partial charge is 0.454 e. The molecule has 0 aliphatic rings. The van der Waals surface area contributed by atoms with Crippen molar-refractivity contribution in [3.05, 3.63) is 29.8 Å². The second-order valence-electron chi connectivity index (χ2n) is 6.93. The molecule has 1 aromatic carbocycles. The van der Waals surface area contributed by atoms with Crippen LogP contribution in [0.1, 0.15) is 50.9 Å². The second kappa shape index (κ2) is 10.6. The Morgan fingerprint density at radius 1 is 1.11 bits per heavy atom. The molecular formula is C19H25F2NO6. The molecule has 0 saturated carbocycles. The number of amides is 1. The predicted octanol–water partition coefficient (Wildman–Crippen LogP) is 3.71. The van der Waals surface area contributed by atoms with E-state index in [1.165, 1.54) is 31.2 Å². The average Bonchev–Trinajstić information content (AvgIpc) is 2.56. The summed E-state index contributed by atoms with van der Waals surface area (Å²) in [7, 11) is 0. The Morgan fingerprint density at radius 3 is 2.25 bits per heavy atom. The smallest absolute Gasteiger partial charge is 0.407 e. The number of benzene rings is 1. The van der Waals surface area contributed by atoms with Crippen molar-refractivity contribution in [2.45, 2.75) is 58.9 Å². The van der Waals surface area contributed by atoms with Gasteiger partial charge in [0.1, 0.15) is 11.4 Å². The molecule has 1 N–H and O–H groups in total. The van der Waals surface area contributed by atoms with Crippen LogP contribution in [0.3, 0.4) is 0 Å². The number of Topliss-reactive ketones (excluding diaryl/α,β-unsaturated/α-hetero) is 1. The highest BCUT2D eigenvalue weighted by Gasteiger charge is 2.20. The van der Waals surface area contributed by atoms with Crippen molar-refractivity contribution >= 4 is 17.8 Å². The monoisotopic (exact) mass is 401 g/mol. The Kier molecular flexibility index (Phi) is 8.81. The standard InChI is InChI=1S/C19H25F2NO6/c1-12(16(24)13-7-9-14(10-8-13)27-17(20)21)26-15(23)6-5-11-22-18(25)28-19(2,3)4/h7-10,12,17H,5-6,11H2,1-4H3,(H,22,25)/t12-/m0/s1. The predicted molar refractivity (Wildman–Crippen MR) is 96.4 cm³/mol. The number of carbonyl (C=O) groups excluding carboxylic acids is 3. The quantitative estimate of drug-likeness (QED) is 0.385. The first-order valence-corrected chi connectivity index (χ1v) is 8.73. The third kappa shape index (κ3) is 9.29. The fourth-order valence-electron chi connectivity index (χ4n) is 2.08. The SMILES string of the molecule is C[C@H](OC(=O)CCCNC(=O)OC(C)(C)C)C(=O)c1ccc(OC(F)F)cc1. The molecule has 0 heterocycles. The van der Waals surface area contributed by atoms with Crippen molar-refractivity contribution in [1.29, 1.82) is 0 Å². The van der Waals surface area contributed by atoms with E-state index < -0.39 is 36.2 Å². The van der Waals surface area contributed by atoms with Crippen LogP contribution in [-0.2, 0) is 14.3 Å². The van der Waals surface area contributed by atoms with Gasteiger partial charge in [0.15, 0.2) is 6.10 Å². The molecule has 0 fully saturated rings. The van der Waals surface area contributed by atoms with E-state index in [0.717, 1.165) is 0 Å².